The number of rotatable bonds is 0. The normalized spacial score (nSPS) is 5.79. The number of nitrogens with two attached hydrogens (primary N) is 1. The van der Waals surface area contributed by atoms with E-state index in [0.717, 1.165) is 20.8 Å². The van der Waals surface area contributed by atoms with Crippen LogP contribution in [0.5, 0.6) is 0 Å². The lowest BCUT2D eigenvalue weighted by atomic mass is 10.9. The van der Waals surface area contributed by atoms with Gasteiger partial charge in [0.15, 0.2) is 0 Å². The molecule has 0 unspecified atom stereocenters. The molecule has 0 saturated heterocycles. The van der Waals surface area contributed by atoms with Crippen LogP contribution in [0.25, 0.3) is 0 Å². The molecule has 6 N–H and O–H groups in total. The monoisotopic (exact) mass is 213 g/mol. The smallest absolute Gasteiger partial charge is 0.300 e. The standard InChI is InChI=1S/3C2H4O2.H3NO/c3*1-2(3)4;1-2/h3*1H3,(H,3,4);2H,1H2. The Morgan fingerprint density at radius 1 is 0.714 bits per heavy atom. The van der Waals surface area contributed by atoms with Gasteiger partial charge < -0.3 is 20.5 Å². The molecule has 14 heavy (non-hydrogen) atoms. The predicted octanol–water partition coefficient (Wildman–Crippen LogP) is -0.393. The fourth-order valence-corrected chi connectivity index (χ4v) is 0. The predicted molar refractivity (Wildman–Crippen MR) is 45.9 cm³/mol. The van der Waals surface area contributed by atoms with E-state index in [4.69, 9.17) is 34.9 Å². The molecule has 0 aromatic heterocycles. The largest absolute Gasteiger partial charge is 0.481 e. The molecular weight excluding hydrogens is 198 g/mol. The zero-order valence-electron chi connectivity index (χ0n) is 8.09. The van der Waals surface area contributed by atoms with Gasteiger partial charge in [-0.2, -0.15) is 0 Å². The molecule has 0 aromatic carbocycles. The van der Waals surface area contributed by atoms with Crippen molar-refractivity contribution in [1.29, 1.82) is 0 Å². The topological polar surface area (TPSA) is 158 Å². The van der Waals surface area contributed by atoms with E-state index in [-0.39, 0.29) is 0 Å². The Labute approximate surface area is 80.5 Å². The average Bonchev–Trinajstić information content (AvgIpc) is 1.86. The van der Waals surface area contributed by atoms with Crippen LogP contribution in [0.2, 0.25) is 0 Å². The van der Waals surface area contributed by atoms with Crippen molar-refractivity contribution in [2.24, 2.45) is 5.90 Å². The van der Waals surface area contributed by atoms with Crippen LogP contribution in [0.1, 0.15) is 20.8 Å². The molecule has 86 valence electrons. The van der Waals surface area contributed by atoms with Crippen molar-refractivity contribution in [3.8, 4) is 0 Å². The summed E-state index contributed by atoms with van der Waals surface area (Å²) in [5, 5.41) is 28.8. The van der Waals surface area contributed by atoms with Crippen molar-refractivity contribution in [3.05, 3.63) is 0 Å². The molecular formula is C6H15NO7. The molecule has 0 aromatic rings. The zero-order valence-corrected chi connectivity index (χ0v) is 8.09. The van der Waals surface area contributed by atoms with E-state index < -0.39 is 17.9 Å². The van der Waals surface area contributed by atoms with Gasteiger partial charge in [0.05, 0.1) is 0 Å². The molecule has 0 rings (SSSR count). The van der Waals surface area contributed by atoms with E-state index in [2.05, 4.69) is 5.90 Å². The highest BCUT2D eigenvalue weighted by molar-refractivity contribution is 5.63. The molecule has 0 atom stereocenters. The molecule has 0 spiro atoms. The minimum absolute atomic E-state index is 0.833. The average molecular weight is 213 g/mol. The van der Waals surface area contributed by atoms with Crippen LogP contribution in [0.15, 0.2) is 0 Å². The van der Waals surface area contributed by atoms with Crippen LogP contribution in [-0.2, 0) is 14.4 Å². The van der Waals surface area contributed by atoms with E-state index >= 15 is 0 Å². The highest BCUT2D eigenvalue weighted by Crippen LogP contribution is 1.42. The van der Waals surface area contributed by atoms with Gasteiger partial charge in [0.1, 0.15) is 0 Å². The summed E-state index contributed by atoms with van der Waals surface area (Å²) < 4.78 is 0. The molecule has 8 heteroatoms. The van der Waals surface area contributed by atoms with Gasteiger partial charge in [-0.05, 0) is 0 Å². The van der Waals surface area contributed by atoms with Gasteiger partial charge in [0, 0.05) is 20.8 Å². The Morgan fingerprint density at radius 3 is 0.714 bits per heavy atom. The molecule has 0 amide bonds. The fraction of sp³-hybridized carbons (Fsp3) is 0.500. The highest BCUT2D eigenvalue weighted by atomic mass is 16.4. The number of aliphatic carboxylic acids is 3. The van der Waals surface area contributed by atoms with E-state index in [1.807, 2.05) is 0 Å². The van der Waals surface area contributed by atoms with Crippen molar-refractivity contribution in [2.75, 3.05) is 0 Å². The summed E-state index contributed by atoms with van der Waals surface area (Å²) in [6.45, 7) is 3.25. The van der Waals surface area contributed by atoms with Gasteiger partial charge in [-0.1, -0.05) is 0 Å². The van der Waals surface area contributed by atoms with E-state index in [1.54, 1.807) is 0 Å². The van der Waals surface area contributed by atoms with E-state index in [0.29, 0.717) is 0 Å². The van der Waals surface area contributed by atoms with Crippen LogP contribution >= 0.6 is 0 Å². The molecule has 0 aliphatic carbocycles. The van der Waals surface area contributed by atoms with Crippen molar-refractivity contribution < 1.29 is 34.9 Å². The maximum Gasteiger partial charge on any atom is 0.300 e. The summed E-state index contributed by atoms with van der Waals surface area (Å²) in [7, 11) is 0. The van der Waals surface area contributed by atoms with Crippen LogP contribution in [0.3, 0.4) is 0 Å². The van der Waals surface area contributed by atoms with Gasteiger partial charge in [-0.15, -0.1) is 0 Å². The lowest BCUT2D eigenvalue weighted by molar-refractivity contribution is -0.135. The SMILES string of the molecule is CC(=O)O.CC(=O)O.CC(=O)O.NO. The Balaban J connectivity index is -0.0000000492. The molecule has 0 bridgehead atoms. The number of hydrogen-bond donors (Lipinski definition) is 5. The third-order valence-corrected chi connectivity index (χ3v) is 0. The van der Waals surface area contributed by atoms with Crippen LogP contribution in [0, 0.1) is 0 Å². The third-order valence-electron chi connectivity index (χ3n) is 0. The van der Waals surface area contributed by atoms with Crippen molar-refractivity contribution in [3.63, 3.8) is 0 Å². The second-order valence-corrected chi connectivity index (χ2v) is 1.56. The number of carbonyl (C=O) groups is 3. The van der Waals surface area contributed by atoms with E-state index in [9.17, 15) is 0 Å². The van der Waals surface area contributed by atoms with Crippen molar-refractivity contribution >= 4 is 17.9 Å². The first-order valence-electron chi connectivity index (χ1n) is 3.04. The molecule has 8 nitrogen and oxygen atoms in total. The summed E-state index contributed by atoms with van der Waals surface area (Å²) in [5.74, 6) is 1.00. The number of carboxylic acid groups (broad SMARTS) is 3. The number of carboxylic acids is 3. The van der Waals surface area contributed by atoms with Crippen LogP contribution in [-0.4, -0.2) is 38.4 Å². The number of hydrogen-bond acceptors (Lipinski definition) is 5. The maximum absolute atomic E-state index is 9.00. The summed E-state index contributed by atoms with van der Waals surface area (Å²) in [6, 6.07) is 0. The summed E-state index contributed by atoms with van der Waals surface area (Å²) in [5.41, 5.74) is 0. The second kappa shape index (κ2) is 22.5. The molecule has 0 aliphatic rings. The van der Waals surface area contributed by atoms with Gasteiger partial charge in [0.25, 0.3) is 17.9 Å². The molecule has 0 saturated carbocycles. The Bertz CT molecular complexity index is 116. The quantitative estimate of drug-likeness (QED) is 0.340. The summed E-state index contributed by atoms with van der Waals surface area (Å²) in [6.07, 6.45) is 0. The Hall–Kier alpha value is -1.67. The van der Waals surface area contributed by atoms with E-state index in [1.165, 1.54) is 0 Å². The van der Waals surface area contributed by atoms with Gasteiger partial charge in [0.2, 0.25) is 0 Å². The fourth-order valence-electron chi connectivity index (χ4n) is 0. The Kier molecular flexibility index (Phi) is 36.7. The molecule has 0 aliphatic heterocycles. The minimum atomic E-state index is -0.833. The molecule has 0 heterocycles. The first-order chi connectivity index (χ1) is 6.20. The van der Waals surface area contributed by atoms with Crippen LogP contribution in [0.4, 0.5) is 0 Å². The first-order valence-corrected chi connectivity index (χ1v) is 3.04. The third kappa shape index (κ3) is 322. The summed E-state index contributed by atoms with van der Waals surface area (Å²) in [4.78, 5) is 27.0. The van der Waals surface area contributed by atoms with Crippen molar-refractivity contribution in [1.82, 2.24) is 0 Å². The highest BCUT2D eigenvalue weighted by Gasteiger charge is 1.66. The molecule has 0 radical (unpaired) electrons. The zero-order chi connectivity index (χ0) is 12.7. The van der Waals surface area contributed by atoms with Gasteiger partial charge in [-0.3, -0.25) is 14.4 Å². The van der Waals surface area contributed by atoms with Crippen LogP contribution < -0.4 is 5.90 Å². The minimum Gasteiger partial charge on any atom is -0.481 e. The lowest BCUT2D eigenvalue weighted by Crippen LogP contribution is -1.78. The molecule has 0 fully saturated rings. The summed E-state index contributed by atoms with van der Waals surface area (Å²) >= 11 is 0. The lowest BCUT2D eigenvalue weighted by Gasteiger charge is -1.59. The second-order valence-electron chi connectivity index (χ2n) is 1.56. The van der Waals surface area contributed by atoms with Gasteiger partial charge >= 0.3 is 0 Å². The maximum atomic E-state index is 9.00. The Morgan fingerprint density at radius 2 is 0.714 bits per heavy atom. The van der Waals surface area contributed by atoms with Gasteiger partial charge in [-0.25, -0.2) is 5.90 Å². The first kappa shape index (κ1) is 22.8. The van der Waals surface area contributed by atoms with Crippen molar-refractivity contribution in [2.45, 2.75) is 20.8 Å².